The van der Waals surface area contributed by atoms with E-state index in [9.17, 15) is 9.59 Å². The number of aliphatic imine (C=N–C) groups is 1. The molecule has 1 aromatic rings. The van der Waals surface area contributed by atoms with E-state index in [-0.39, 0.29) is 18.8 Å². The van der Waals surface area contributed by atoms with Crippen LogP contribution < -0.4 is 10.2 Å². The van der Waals surface area contributed by atoms with E-state index in [0.717, 1.165) is 34.5 Å². The zero-order valence-electron chi connectivity index (χ0n) is 14.1. The van der Waals surface area contributed by atoms with Crippen molar-refractivity contribution in [1.82, 2.24) is 0 Å². The quantitative estimate of drug-likeness (QED) is 0.361. The Balaban J connectivity index is 1.85. The number of nitrogens with one attached hydrogen (secondary N) is 1. The molecule has 2 aliphatic heterocycles. The van der Waals surface area contributed by atoms with E-state index in [1.54, 1.807) is 25.6 Å². The van der Waals surface area contributed by atoms with Gasteiger partial charge in [-0.15, -0.1) is 0 Å². The number of ether oxygens (including phenoxy) is 2. The maximum absolute atomic E-state index is 12.0. The van der Waals surface area contributed by atoms with E-state index in [1.807, 2.05) is 18.2 Å². The van der Waals surface area contributed by atoms with Gasteiger partial charge in [0.05, 0.1) is 36.0 Å². The van der Waals surface area contributed by atoms with Gasteiger partial charge in [0.2, 0.25) is 0 Å². The monoisotopic (exact) mass is 361 g/mol. The molecule has 0 atom stereocenters. The Hall–Kier alpha value is -2.48. The number of hydrogen-bond donors (Lipinski definition) is 1. The van der Waals surface area contributed by atoms with Crippen LogP contribution in [0.2, 0.25) is 0 Å². The summed E-state index contributed by atoms with van der Waals surface area (Å²) in [5.74, 6) is -1.42. The predicted molar refractivity (Wildman–Crippen MR) is 96.9 cm³/mol. The maximum Gasteiger partial charge on any atom is 0.347 e. The highest BCUT2D eigenvalue weighted by atomic mass is 32.2. The average molecular weight is 361 g/mol. The Morgan fingerprint density at radius 2 is 2.00 bits per heavy atom. The van der Waals surface area contributed by atoms with E-state index in [1.165, 1.54) is 6.20 Å². The summed E-state index contributed by atoms with van der Waals surface area (Å²) in [6.45, 7) is 5.40. The number of carbonyl (C=O) groups is 2. The van der Waals surface area contributed by atoms with Crippen LogP contribution in [0.25, 0.3) is 0 Å². The molecule has 0 bridgehead atoms. The molecule has 0 unspecified atom stereocenters. The zero-order chi connectivity index (χ0) is 17.8. The molecule has 7 nitrogen and oxygen atoms in total. The fraction of sp³-hybridized carbons (Fsp3) is 0.353. The summed E-state index contributed by atoms with van der Waals surface area (Å²) in [6.07, 6.45) is 1.34. The molecule has 0 aromatic heterocycles. The fourth-order valence-corrected chi connectivity index (χ4v) is 3.71. The standard InChI is InChI=1S/C17H19N3O4S/c1-3-23-15(21)11(16(22)24-4-2)10-19-12-6-5-7-13-14(12)25-17-18-8-9-20(13)17/h5-7,10,19H,3-4,8-9H2,1-2H3. The van der Waals surface area contributed by atoms with Crippen molar-refractivity contribution >= 4 is 40.2 Å². The van der Waals surface area contributed by atoms with Crippen LogP contribution in [0.1, 0.15) is 13.8 Å². The molecule has 0 fully saturated rings. The average Bonchev–Trinajstić information content (AvgIpc) is 3.17. The van der Waals surface area contributed by atoms with Crippen molar-refractivity contribution in [3.63, 3.8) is 0 Å². The second kappa shape index (κ2) is 7.60. The van der Waals surface area contributed by atoms with Gasteiger partial charge in [0.25, 0.3) is 0 Å². The van der Waals surface area contributed by atoms with E-state index in [2.05, 4.69) is 15.2 Å². The van der Waals surface area contributed by atoms with E-state index in [4.69, 9.17) is 9.47 Å². The van der Waals surface area contributed by atoms with Crippen molar-refractivity contribution in [3.05, 3.63) is 30.0 Å². The molecule has 3 rings (SSSR count). The lowest BCUT2D eigenvalue weighted by Crippen LogP contribution is -2.20. The van der Waals surface area contributed by atoms with Gasteiger partial charge in [-0.3, -0.25) is 4.99 Å². The first-order chi connectivity index (χ1) is 12.2. The van der Waals surface area contributed by atoms with Crippen molar-refractivity contribution in [2.75, 3.05) is 36.5 Å². The first-order valence-corrected chi connectivity index (χ1v) is 8.91. The molecule has 132 valence electrons. The molecule has 0 amide bonds. The fourth-order valence-electron chi connectivity index (χ4n) is 2.56. The van der Waals surface area contributed by atoms with Crippen LogP contribution in [0.5, 0.6) is 0 Å². The number of amidine groups is 1. The molecule has 0 spiro atoms. The molecule has 0 aliphatic carbocycles. The highest BCUT2D eigenvalue weighted by Crippen LogP contribution is 2.46. The Morgan fingerprint density at radius 1 is 1.28 bits per heavy atom. The highest BCUT2D eigenvalue weighted by Gasteiger charge is 2.31. The number of anilines is 2. The molecular formula is C17H19N3O4S. The van der Waals surface area contributed by atoms with Gasteiger partial charge in [0, 0.05) is 12.7 Å². The summed E-state index contributed by atoms with van der Waals surface area (Å²) in [6, 6.07) is 5.84. The van der Waals surface area contributed by atoms with Gasteiger partial charge in [0.1, 0.15) is 0 Å². The number of thioether (sulfide) groups is 1. The lowest BCUT2D eigenvalue weighted by atomic mass is 10.2. The van der Waals surface area contributed by atoms with Crippen molar-refractivity contribution in [2.45, 2.75) is 18.7 Å². The minimum Gasteiger partial charge on any atom is -0.462 e. The summed E-state index contributed by atoms with van der Waals surface area (Å²) in [5.41, 5.74) is 1.71. The first-order valence-electron chi connectivity index (χ1n) is 8.09. The lowest BCUT2D eigenvalue weighted by molar-refractivity contribution is -0.146. The molecule has 0 saturated heterocycles. The van der Waals surface area contributed by atoms with Crippen molar-refractivity contribution < 1.29 is 19.1 Å². The second-order valence-corrected chi connectivity index (χ2v) is 6.19. The molecule has 0 radical (unpaired) electrons. The van der Waals surface area contributed by atoms with Crippen molar-refractivity contribution in [2.24, 2.45) is 4.99 Å². The first kappa shape index (κ1) is 17.3. The summed E-state index contributed by atoms with van der Waals surface area (Å²) in [5, 5.41) is 4.02. The van der Waals surface area contributed by atoms with Crippen LogP contribution >= 0.6 is 11.8 Å². The molecule has 25 heavy (non-hydrogen) atoms. The summed E-state index contributed by atoms with van der Waals surface area (Å²) in [4.78, 5) is 31.7. The summed E-state index contributed by atoms with van der Waals surface area (Å²) in [7, 11) is 0. The van der Waals surface area contributed by atoms with E-state index < -0.39 is 11.9 Å². The van der Waals surface area contributed by atoms with Gasteiger partial charge in [-0.25, -0.2) is 9.59 Å². The third-order valence-electron chi connectivity index (χ3n) is 3.64. The van der Waals surface area contributed by atoms with Crippen LogP contribution in [-0.2, 0) is 19.1 Å². The maximum atomic E-state index is 12.0. The number of rotatable bonds is 6. The van der Waals surface area contributed by atoms with E-state index in [0.29, 0.717) is 0 Å². The Labute approximate surface area is 150 Å². The number of hydrogen-bond acceptors (Lipinski definition) is 8. The SMILES string of the molecule is CCOC(=O)C(=CNc1cccc2c1SC1=NCCN12)C(=O)OCC. The number of nitrogens with zero attached hydrogens (tertiary/aromatic N) is 2. The van der Waals surface area contributed by atoms with Gasteiger partial charge >= 0.3 is 11.9 Å². The third kappa shape index (κ3) is 3.48. The molecule has 2 heterocycles. The molecular weight excluding hydrogens is 342 g/mol. The summed E-state index contributed by atoms with van der Waals surface area (Å²) >= 11 is 1.57. The molecule has 0 saturated carbocycles. The minimum absolute atomic E-state index is 0.165. The molecule has 8 heteroatoms. The van der Waals surface area contributed by atoms with Crippen LogP contribution in [0, 0.1) is 0 Å². The number of fused-ring (bicyclic) bond motifs is 3. The molecule has 1 N–H and O–H groups in total. The number of carbonyl (C=O) groups excluding carboxylic acids is 2. The van der Waals surface area contributed by atoms with Gasteiger partial charge in [-0.05, 0) is 37.7 Å². The van der Waals surface area contributed by atoms with Gasteiger partial charge in [-0.2, -0.15) is 0 Å². The van der Waals surface area contributed by atoms with Crippen LogP contribution in [0.15, 0.2) is 39.9 Å². The van der Waals surface area contributed by atoms with Gasteiger partial charge in [0.15, 0.2) is 10.7 Å². The predicted octanol–water partition coefficient (Wildman–Crippen LogP) is 2.39. The Morgan fingerprint density at radius 3 is 2.68 bits per heavy atom. The van der Waals surface area contributed by atoms with Gasteiger partial charge < -0.3 is 19.7 Å². The minimum atomic E-state index is -0.710. The molecule has 2 aliphatic rings. The zero-order valence-corrected chi connectivity index (χ0v) is 14.9. The topological polar surface area (TPSA) is 80.2 Å². The second-order valence-electron chi connectivity index (χ2n) is 5.22. The van der Waals surface area contributed by atoms with Crippen molar-refractivity contribution in [3.8, 4) is 0 Å². The number of benzene rings is 1. The normalized spacial score (nSPS) is 14.3. The lowest BCUT2D eigenvalue weighted by Gasteiger charge is -2.13. The Kier molecular flexibility index (Phi) is 5.28. The highest BCUT2D eigenvalue weighted by molar-refractivity contribution is 8.15. The van der Waals surface area contributed by atoms with Gasteiger partial charge in [-0.1, -0.05) is 6.07 Å². The largest absolute Gasteiger partial charge is 0.462 e. The van der Waals surface area contributed by atoms with Crippen LogP contribution in [-0.4, -0.2) is 43.4 Å². The molecule has 1 aromatic carbocycles. The Bertz CT molecular complexity index is 740. The summed E-state index contributed by atoms with van der Waals surface area (Å²) < 4.78 is 9.87. The van der Waals surface area contributed by atoms with Crippen molar-refractivity contribution in [1.29, 1.82) is 0 Å². The van der Waals surface area contributed by atoms with Crippen LogP contribution in [0.4, 0.5) is 11.4 Å². The number of esters is 2. The van der Waals surface area contributed by atoms with Crippen LogP contribution in [0.3, 0.4) is 0 Å². The van der Waals surface area contributed by atoms with E-state index >= 15 is 0 Å². The smallest absolute Gasteiger partial charge is 0.347 e. The third-order valence-corrected chi connectivity index (χ3v) is 4.81.